The lowest BCUT2D eigenvalue weighted by molar-refractivity contribution is -0.131. The molecule has 0 spiro atoms. The molecule has 1 aromatic rings. The molecular formula is C15H20N2O3. The Morgan fingerprint density at radius 1 is 1.35 bits per heavy atom. The largest absolute Gasteiger partial charge is 0.368 e. The fourth-order valence-electron chi connectivity index (χ4n) is 2.15. The third-order valence-corrected chi connectivity index (χ3v) is 3.52. The van der Waals surface area contributed by atoms with Crippen LogP contribution in [0.1, 0.15) is 24.0 Å². The molecule has 1 aromatic carbocycles. The van der Waals surface area contributed by atoms with Gasteiger partial charge in [-0.2, -0.15) is 0 Å². The Kier molecular flexibility index (Phi) is 4.74. The molecule has 5 nitrogen and oxygen atoms in total. The topological polar surface area (TPSA) is 67.4 Å². The maximum Gasteiger partial charge on any atom is 0.249 e. The van der Waals surface area contributed by atoms with Crippen molar-refractivity contribution in [2.45, 2.75) is 32.8 Å². The van der Waals surface area contributed by atoms with Crippen LogP contribution in [0.4, 0.5) is 5.69 Å². The highest BCUT2D eigenvalue weighted by Crippen LogP contribution is 2.17. The summed E-state index contributed by atoms with van der Waals surface area (Å²) < 4.78 is 5.26. The number of hydrogen-bond donors (Lipinski definition) is 2. The van der Waals surface area contributed by atoms with Crippen LogP contribution in [0.3, 0.4) is 0 Å². The fourth-order valence-corrected chi connectivity index (χ4v) is 2.15. The first-order chi connectivity index (χ1) is 9.58. The molecule has 2 N–H and O–H groups in total. The normalized spacial score (nSPS) is 17.8. The summed E-state index contributed by atoms with van der Waals surface area (Å²) >= 11 is 0. The summed E-state index contributed by atoms with van der Waals surface area (Å²) in [7, 11) is 0. The molecule has 1 saturated heterocycles. The highest BCUT2D eigenvalue weighted by molar-refractivity contribution is 5.95. The van der Waals surface area contributed by atoms with Crippen molar-refractivity contribution in [1.82, 2.24) is 5.32 Å². The van der Waals surface area contributed by atoms with E-state index < -0.39 is 6.10 Å². The van der Waals surface area contributed by atoms with Crippen molar-refractivity contribution in [1.29, 1.82) is 0 Å². The van der Waals surface area contributed by atoms with Gasteiger partial charge in [-0.3, -0.25) is 9.59 Å². The smallest absolute Gasteiger partial charge is 0.249 e. The van der Waals surface area contributed by atoms with Gasteiger partial charge < -0.3 is 15.4 Å². The Bertz CT molecular complexity index is 508. The zero-order valence-corrected chi connectivity index (χ0v) is 11.9. The summed E-state index contributed by atoms with van der Waals surface area (Å²) in [5, 5.41) is 5.41. The zero-order valence-electron chi connectivity index (χ0n) is 11.9. The molecule has 1 heterocycles. The van der Waals surface area contributed by atoms with Gasteiger partial charge in [0.2, 0.25) is 11.8 Å². The van der Waals surface area contributed by atoms with E-state index in [4.69, 9.17) is 4.74 Å². The minimum atomic E-state index is -0.400. The number of nitrogens with one attached hydrogen (secondary N) is 2. The molecule has 108 valence electrons. The summed E-state index contributed by atoms with van der Waals surface area (Å²) in [6, 6.07) is 5.73. The Labute approximate surface area is 118 Å². The monoisotopic (exact) mass is 276 g/mol. The number of aryl methyl sites for hydroxylation is 1. The number of hydrogen-bond acceptors (Lipinski definition) is 3. The third kappa shape index (κ3) is 3.57. The summed E-state index contributed by atoms with van der Waals surface area (Å²) in [4.78, 5) is 23.5. The second-order valence-corrected chi connectivity index (χ2v) is 5.02. The van der Waals surface area contributed by atoms with Crippen molar-refractivity contribution in [3.05, 3.63) is 29.3 Å². The van der Waals surface area contributed by atoms with E-state index in [9.17, 15) is 9.59 Å². The molecule has 0 saturated carbocycles. The molecule has 0 radical (unpaired) electrons. The Balaban J connectivity index is 1.83. The molecule has 0 bridgehead atoms. The van der Waals surface area contributed by atoms with E-state index in [1.165, 1.54) is 0 Å². The summed E-state index contributed by atoms with van der Waals surface area (Å²) in [5.41, 5.74) is 2.93. The number of benzene rings is 1. The van der Waals surface area contributed by atoms with E-state index in [1.54, 1.807) is 0 Å². The maximum atomic E-state index is 11.8. The number of ether oxygens (including phenoxy) is 1. The van der Waals surface area contributed by atoms with Crippen molar-refractivity contribution in [2.75, 3.05) is 18.5 Å². The maximum absolute atomic E-state index is 11.8. The molecule has 0 aromatic heterocycles. The van der Waals surface area contributed by atoms with Crippen LogP contribution in [0.5, 0.6) is 0 Å². The highest BCUT2D eigenvalue weighted by Gasteiger charge is 2.23. The quantitative estimate of drug-likeness (QED) is 0.876. The van der Waals surface area contributed by atoms with Crippen molar-refractivity contribution < 1.29 is 14.3 Å². The van der Waals surface area contributed by atoms with Gasteiger partial charge in [-0.25, -0.2) is 0 Å². The zero-order chi connectivity index (χ0) is 14.5. The van der Waals surface area contributed by atoms with Crippen LogP contribution in [0.25, 0.3) is 0 Å². The summed E-state index contributed by atoms with van der Waals surface area (Å²) in [6.07, 6.45) is 1.22. The predicted molar refractivity (Wildman–Crippen MR) is 76.5 cm³/mol. The van der Waals surface area contributed by atoms with Crippen LogP contribution in [0.15, 0.2) is 18.2 Å². The van der Waals surface area contributed by atoms with Crippen molar-refractivity contribution in [3.8, 4) is 0 Å². The van der Waals surface area contributed by atoms with Crippen molar-refractivity contribution in [2.24, 2.45) is 0 Å². The molecule has 20 heavy (non-hydrogen) atoms. The van der Waals surface area contributed by atoms with Gasteiger partial charge in [0, 0.05) is 12.3 Å². The van der Waals surface area contributed by atoms with Crippen LogP contribution in [-0.2, 0) is 14.3 Å². The summed E-state index contributed by atoms with van der Waals surface area (Å²) in [5.74, 6) is -0.441. The molecule has 0 aliphatic carbocycles. The molecule has 2 amide bonds. The van der Waals surface area contributed by atoms with Gasteiger partial charge in [0.15, 0.2) is 0 Å². The average molecular weight is 276 g/mol. The molecule has 1 unspecified atom stereocenters. The molecule has 2 rings (SSSR count). The molecule has 1 aliphatic heterocycles. The lowest BCUT2D eigenvalue weighted by Crippen LogP contribution is -2.39. The number of rotatable bonds is 4. The first kappa shape index (κ1) is 14.5. The van der Waals surface area contributed by atoms with Gasteiger partial charge in [-0.05, 0) is 43.9 Å². The number of anilines is 1. The van der Waals surface area contributed by atoms with Gasteiger partial charge in [0.25, 0.3) is 0 Å². The molecule has 1 atom stereocenters. The van der Waals surface area contributed by atoms with Crippen LogP contribution in [0, 0.1) is 13.8 Å². The molecule has 1 aliphatic rings. The van der Waals surface area contributed by atoms with Gasteiger partial charge in [0.05, 0.1) is 6.54 Å². The van der Waals surface area contributed by atoms with Crippen LogP contribution in [0.2, 0.25) is 0 Å². The minimum Gasteiger partial charge on any atom is -0.368 e. The van der Waals surface area contributed by atoms with Crippen molar-refractivity contribution >= 4 is 17.5 Å². The second-order valence-electron chi connectivity index (χ2n) is 5.02. The lowest BCUT2D eigenvalue weighted by Gasteiger charge is -2.12. The first-order valence-electron chi connectivity index (χ1n) is 6.83. The van der Waals surface area contributed by atoms with E-state index in [2.05, 4.69) is 10.6 Å². The molecular weight excluding hydrogens is 256 g/mol. The van der Waals surface area contributed by atoms with E-state index in [0.29, 0.717) is 6.61 Å². The van der Waals surface area contributed by atoms with Crippen LogP contribution in [-0.4, -0.2) is 31.1 Å². The standard InChI is InChI=1S/C15H20N2O3/c1-10-5-3-6-12(11(10)2)17-14(18)9-16-15(19)13-7-4-8-20-13/h3,5-6,13H,4,7-9H2,1-2H3,(H,16,19)(H,17,18). The number of amides is 2. The third-order valence-electron chi connectivity index (χ3n) is 3.52. The van der Waals surface area contributed by atoms with Crippen LogP contribution < -0.4 is 10.6 Å². The fraction of sp³-hybridized carbons (Fsp3) is 0.467. The Morgan fingerprint density at radius 2 is 2.15 bits per heavy atom. The van der Waals surface area contributed by atoms with Gasteiger partial charge in [-0.1, -0.05) is 12.1 Å². The average Bonchev–Trinajstić information content (AvgIpc) is 2.95. The SMILES string of the molecule is Cc1cccc(NC(=O)CNC(=O)C2CCCO2)c1C. The summed E-state index contributed by atoms with van der Waals surface area (Å²) in [6.45, 7) is 4.53. The van der Waals surface area contributed by atoms with Gasteiger partial charge in [-0.15, -0.1) is 0 Å². The van der Waals surface area contributed by atoms with Gasteiger partial charge in [0.1, 0.15) is 6.10 Å². The number of carbonyl (C=O) groups is 2. The van der Waals surface area contributed by atoms with E-state index in [1.807, 2.05) is 32.0 Å². The van der Waals surface area contributed by atoms with Crippen LogP contribution >= 0.6 is 0 Å². The van der Waals surface area contributed by atoms with Crippen molar-refractivity contribution in [3.63, 3.8) is 0 Å². The Hall–Kier alpha value is -1.88. The predicted octanol–water partition coefficient (Wildman–Crippen LogP) is 1.54. The molecule has 1 fully saturated rings. The molecule has 5 heteroatoms. The van der Waals surface area contributed by atoms with E-state index >= 15 is 0 Å². The van der Waals surface area contributed by atoms with E-state index in [0.717, 1.165) is 29.7 Å². The van der Waals surface area contributed by atoms with Gasteiger partial charge >= 0.3 is 0 Å². The van der Waals surface area contributed by atoms with E-state index in [-0.39, 0.29) is 18.4 Å². The lowest BCUT2D eigenvalue weighted by atomic mass is 10.1. The number of carbonyl (C=O) groups excluding carboxylic acids is 2. The minimum absolute atomic E-state index is 0.0356. The highest BCUT2D eigenvalue weighted by atomic mass is 16.5. The Morgan fingerprint density at radius 3 is 2.85 bits per heavy atom. The first-order valence-corrected chi connectivity index (χ1v) is 6.83. The second kappa shape index (κ2) is 6.52.